The van der Waals surface area contributed by atoms with Gasteiger partial charge in [0, 0.05) is 0 Å². The molecule has 0 unspecified atom stereocenters. The predicted octanol–water partition coefficient (Wildman–Crippen LogP) is 0.105. The second-order valence-corrected chi connectivity index (χ2v) is 4.58. The average molecular weight is 251 g/mol. The van der Waals surface area contributed by atoms with Crippen LogP contribution in [0.1, 0.15) is 13.3 Å². The lowest BCUT2D eigenvalue weighted by molar-refractivity contribution is -0.856. The van der Waals surface area contributed by atoms with Crippen molar-refractivity contribution >= 4 is 5.91 Å². The third-order valence-electron chi connectivity index (χ3n) is 2.61. The van der Waals surface area contributed by atoms with Gasteiger partial charge in [0.05, 0.1) is 27.2 Å². The first-order chi connectivity index (χ1) is 8.63. The number of benzene rings is 1. The molecule has 4 nitrogen and oxygen atoms in total. The van der Waals surface area contributed by atoms with E-state index < -0.39 is 6.10 Å². The molecule has 0 radical (unpaired) electrons. The van der Waals surface area contributed by atoms with Crippen LogP contribution in [0, 0.1) is 0 Å². The topological polar surface area (TPSA) is 42.8 Å². The smallest absolute Gasteiger partial charge is 0.261 e. The van der Waals surface area contributed by atoms with Crippen molar-refractivity contribution in [3.63, 3.8) is 0 Å². The number of nitrogens with one attached hydrogen (secondary N) is 2. The molecule has 1 aromatic carbocycles. The molecule has 1 rings (SSSR count). The maximum absolute atomic E-state index is 11.9. The van der Waals surface area contributed by atoms with Crippen molar-refractivity contribution in [2.75, 3.05) is 27.2 Å². The third-order valence-corrected chi connectivity index (χ3v) is 2.61. The van der Waals surface area contributed by atoms with Crippen LogP contribution in [0.2, 0.25) is 0 Å². The summed E-state index contributed by atoms with van der Waals surface area (Å²) >= 11 is 0. The van der Waals surface area contributed by atoms with Crippen LogP contribution < -0.4 is 15.0 Å². The lowest BCUT2D eigenvalue weighted by Crippen LogP contribution is -3.06. The summed E-state index contributed by atoms with van der Waals surface area (Å²) in [7, 11) is 4.12. The third kappa shape index (κ3) is 5.19. The Hall–Kier alpha value is -1.55. The van der Waals surface area contributed by atoms with Gasteiger partial charge in [-0.05, 0) is 18.6 Å². The lowest BCUT2D eigenvalue weighted by atomic mass is 10.2. The van der Waals surface area contributed by atoms with Crippen LogP contribution in [-0.2, 0) is 4.79 Å². The first-order valence-electron chi connectivity index (χ1n) is 6.42. The predicted molar refractivity (Wildman–Crippen MR) is 71.8 cm³/mol. The summed E-state index contributed by atoms with van der Waals surface area (Å²) in [5.74, 6) is 0.695. The first-order valence-corrected chi connectivity index (χ1v) is 6.42. The van der Waals surface area contributed by atoms with Gasteiger partial charge in [-0.25, -0.2) is 0 Å². The Labute approximate surface area is 109 Å². The Morgan fingerprint density at radius 1 is 1.33 bits per heavy atom. The van der Waals surface area contributed by atoms with E-state index >= 15 is 0 Å². The molecule has 0 saturated carbocycles. The second-order valence-electron chi connectivity index (χ2n) is 4.58. The van der Waals surface area contributed by atoms with E-state index in [0.29, 0.717) is 13.0 Å². The number of rotatable bonds is 7. The van der Waals surface area contributed by atoms with Crippen molar-refractivity contribution in [2.45, 2.75) is 19.4 Å². The zero-order valence-corrected chi connectivity index (χ0v) is 11.4. The molecule has 0 bridgehead atoms. The van der Waals surface area contributed by atoms with E-state index in [1.807, 2.05) is 37.3 Å². The number of amides is 1. The van der Waals surface area contributed by atoms with Gasteiger partial charge in [0.15, 0.2) is 6.10 Å². The van der Waals surface area contributed by atoms with Crippen LogP contribution in [-0.4, -0.2) is 39.2 Å². The fourth-order valence-electron chi connectivity index (χ4n) is 1.54. The molecule has 0 aliphatic carbocycles. The summed E-state index contributed by atoms with van der Waals surface area (Å²) in [6.07, 6.45) is 0.250. The Bertz CT molecular complexity index is 352. The minimum absolute atomic E-state index is 0.0393. The van der Waals surface area contributed by atoms with E-state index in [1.165, 1.54) is 4.90 Å². The molecule has 2 N–H and O–H groups in total. The Kier molecular flexibility index (Phi) is 6.22. The quantitative estimate of drug-likeness (QED) is 0.722. The molecule has 100 valence electrons. The molecular weight excluding hydrogens is 228 g/mol. The Morgan fingerprint density at radius 3 is 2.56 bits per heavy atom. The normalized spacial score (nSPS) is 12.2. The van der Waals surface area contributed by atoms with Crippen molar-refractivity contribution < 1.29 is 14.4 Å². The van der Waals surface area contributed by atoms with Gasteiger partial charge >= 0.3 is 0 Å². The second kappa shape index (κ2) is 7.71. The van der Waals surface area contributed by atoms with Crippen molar-refractivity contribution in [3.05, 3.63) is 30.3 Å². The molecule has 0 aromatic heterocycles. The zero-order valence-electron chi connectivity index (χ0n) is 11.4. The monoisotopic (exact) mass is 251 g/mol. The maximum atomic E-state index is 11.9. The summed E-state index contributed by atoms with van der Waals surface area (Å²) in [5, 5.41) is 2.90. The number of hydrogen-bond donors (Lipinski definition) is 2. The molecule has 0 aliphatic rings. The highest BCUT2D eigenvalue weighted by molar-refractivity contribution is 5.81. The van der Waals surface area contributed by atoms with E-state index in [2.05, 4.69) is 19.4 Å². The summed E-state index contributed by atoms with van der Waals surface area (Å²) in [5.41, 5.74) is 0. The molecule has 0 spiro atoms. The van der Waals surface area contributed by atoms with Gasteiger partial charge in [-0.3, -0.25) is 4.79 Å². The maximum Gasteiger partial charge on any atom is 0.261 e. The number of ether oxygens (including phenoxy) is 1. The Balaban J connectivity index is 2.43. The number of carbonyl (C=O) groups is 1. The van der Waals surface area contributed by atoms with Gasteiger partial charge < -0.3 is 15.0 Å². The number of para-hydroxylation sites is 1. The van der Waals surface area contributed by atoms with Gasteiger partial charge in [0.1, 0.15) is 5.75 Å². The van der Waals surface area contributed by atoms with Crippen LogP contribution in [0.5, 0.6) is 5.75 Å². The van der Waals surface area contributed by atoms with E-state index in [1.54, 1.807) is 0 Å². The van der Waals surface area contributed by atoms with Gasteiger partial charge in [0.25, 0.3) is 5.91 Å². The lowest BCUT2D eigenvalue weighted by Gasteiger charge is -2.17. The number of carbonyl (C=O) groups excluding carboxylic acids is 1. The van der Waals surface area contributed by atoms with Crippen molar-refractivity contribution in [1.82, 2.24) is 5.32 Å². The van der Waals surface area contributed by atoms with Gasteiger partial charge in [0.2, 0.25) is 0 Å². The molecule has 1 aromatic rings. The molecule has 0 heterocycles. The van der Waals surface area contributed by atoms with Crippen molar-refractivity contribution in [3.8, 4) is 5.75 Å². The number of quaternary nitrogens is 1. The summed E-state index contributed by atoms with van der Waals surface area (Å²) < 4.78 is 5.66. The van der Waals surface area contributed by atoms with Crippen LogP contribution in [0.3, 0.4) is 0 Å². The van der Waals surface area contributed by atoms with Crippen LogP contribution in [0.15, 0.2) is 30.3 Å². The van der Waals surface area contributed by atoms with Crippen molar-refractivity contribution in [2.24, 2.45) is 0 Å². The van der Waals surface area contributed by atoms with E-state index in [4.69, 9.17) is 4.74 Å². The standard InChI is InChI=1S/C14H22N2O2/c1-4-13(14(17)15-10-11-16(2)3)18-12-8-6-5-7-9-12/h5-9,13H,4,10-11H2,1-3H3,(H,15,17)/p+1/t13-/m0/s1. The van der Waals surface area contributed by atoms with Crippen LogP contribution in [0.4, 0.5) is 0 Å². The van der Waals surface area contributed by atoms with E-state index in [0.717, 1.165) is 12.3 Å². The van der Waals surface area contributed by atoms with Crippen LogP contribution in [0.25, 0.3) is 0 Å². The highest BCUT2D eigenvalue weighted by Gasteiger charge is 2.17. The molecular formula is C14H23N2O2+. The average Bonchev–Trinajstić information content (AvgIpc) is 2.36. The molecule has 18 heavy (non-hydrogen) atoms. The van der Waals surface area contributed by atoms with E-state index in [9.17, 15) is 4.79 Å². The Morgan fingerprint density at radius 2 is 2.00 bits per heavy atom. The van der Waals surface area contributed by atoms with Crippen LogP contribution >= 0.6 is 0 Å². The highest BCUT2D eigenvalue weighted by atomic mass is 16.5. The molecule has 4 heteroatoms. The zero-order chi connectivity index (χ0) is 13.4. The number of hydrogen-bond acceptors (Lipinski definition) is 2. The van der Waals surface area contributed by atoms with Gasteiger partial charge in [-0.2, -0.15) is 0 Å². The first kappa shape index (κ1) is 14.5. The molecule has 0 saturated heterocycles. The summed E-state index contributed by atoms with van der Waals surface area (Å²) in [6, 6.07) is 9.44. The molecule has 0 fully saturated rings. The largest absolute Gasteiger partial charge is 0.481 e. The summed E-state index contributed by atoms with van der Waals surface area (Å²) in [6.45, 7) is 3.54. The fourth-order valence-corrected chi connectivity index (χ4v) is 1.54. The SMILES string of the molecule is CC[C@H](Oc1ccccc1)C(=O)NCC[NH+](C)C. The summed E-state index contributed by atoms with van der Waals surface area (Å²) in [4.78, 5) is 13.2. The minimum atomic E-state index is -0.412. The van der Waals surface area contributed by atoms with E-state index in [-0.39, 0.29) is 5.91 Å². The van der Waals surface area contributed by atoms with Crippen molar-refractivity contribution in [1.29, 1.82) is 0 Å². The molecule has 1 amide bonds. The molecule has 1 atom stereocenters. The number of likely N-dealkylation sites (N-methyl/N-ethyl adjacent to an activating group) is 1. The minimum Gasteiger partial charge on any atom is -0.481 e. The fraction of sp³-hybridized carbons (Fsp3) is 0.500. The molecule has 0 aliphatic heterocycles. The van der Waals surface area contributed by atoms with Gasteiger partial charge in [-0.1, -0.05) is 25.1 Å². The highest BCUT2D eigenvalue weighted by Crippen LogP contribution is 2.12. The van der Waals surface area contributed by atoms with Gasteiger partial charge in [-0.15, -0.1) is 0 Å².